The van der Waals surface area contributed by atoms with Crippen molar-refractivity contribution in [3.05, 3.63) is 108 Å². The van der Waals surface area contributed by atoms with Gasteiger partial charge in [0.2, 0.25) is 5.91 Å². The van der Waals surface area contributed by atoms with Gasteiger partial charge in [-0.3, -0.25) is 9.36 Å². The number of nitrogens with two attached hydrogens (primary N) is 1. The molecule has 0 spiro atoms. The van der Waals surface area contributed by atoms with E-state index in [2.05, 4.69) is 10.3 Å². The highest BCUT2D eigenvalue weighted by Crippen LogP contribution is 2.34. The molecule has 0 radical (unpaired) electrons. The van der Waals surface area contributed by atoms with Gasteiger partial charge in [-0.15, -0.1) is 0 Å². The summed E-state index contributed by atoms with van der Waals surface area (Å²) in [5.74, 6) is 1.05. The molecule has 10 heteroatoms. The van der Waals surface area contributed by atoms with Gasteiger partial charge in [-0.25, -0.2) is 4.98 Å². The molecule has 4 aromatic carbocycles. The smallest absolute Gasteiger partial charge is 0.390 e. The van der Waals surface area contributed by atoms with Crippen LogP contribution in [0.15, 0.2) is 91.3 Å². The van der Waals surface area contributed by atoms with Crippen LogP contribution in [-0.2, 0) is 6.61 Å². The monoisotopic (exact) mass is 560 g/mol. The molecular weight excluding hydrogens is 533 g/mol. The minimum Gasteiger partial charge on any atom is -0.489 e. The minimum absolute atomic E-state index is 0.325. The van der Waals surface area contributed by atoms with E-state index in [1.807, 2.05) is 30.3 Å². The Morgan fingerprint density at radius 3 is 2.37 bits per heavy atom. The van der Waals surface area contributed by atoms with Crippen LogP contribution in [0, 0.1) is 6.92 Å². The average Bonchev–Trinajstić information content (AvgIpc) is 3.36. The largest absolute Gasteiger partial charge is 0.489 e. The molecule has 0 bridgehead atoms. The predicted molar refractivity (Wildman–Crippen MR) is 151 cm³/mol. The summed E-state index contributed by atoms with van der Waals surface area (Å²) >= 11 is 0. The normalized spacial score (nSPS) is 11.4. The zero-order valence-electron chi connectivity index (χ0n) is 22.1. The Labute approximate surface area is 234 Å². The number of hydrogen-bond donors (Lipinski definition) is 2. The summed E-state index contributed by atoms with van der Waals surface area (Å²) < 4.78 is 52.3. The molecular formula is C31H27F3N4O3. The summed E-state index contributed by atoms with van der Waals surface area (Å²) in [5.41, 5.74) is 9.74. The number of aromatic nitrogens is 2. The number of alkyl halides is 3. The number of primary amides is 1. The van der Waals surface area contributed by atoms with E-state index in [0.717, 1.165) is 5.56 Å². The Balaban J connectivity index is 1.43. The fourth-order valence-electron chi connectivity index (χ4n) is 4.38. The van der Waals surface area contributed by atoms with E-state index in [4.69, 9.17) is 15.2 Å². The van der Waals surface area contributed by atoms with Crippen molar-refractivity contribution < 1.29 is 27.4 Å². The zero-order chi connectivity index (χ0) is 29.0. The van der Waals surface area contributed by atoms with Gasteiger partial charge in [-0.1, -0.05) is 30.3 Å². The number of fused-ring (bicyclic) bond motifs is 1. The fourth-order valence-corrected chi connectivity index (χ4v) is 4.38. The second-order valence-corrected chi connectivity index (χ2v) is 9.46. The Bertz CT molecular complexity index is 1670. The lowest BCUT2D eigenvalue weighted by Crippen LogP contribution is -2.14. The summed E-state index contributed by atoms with van der Waals surface area (Å²) in [6, 6.07) is 25.4. The number of nitrogens with one attached hydrogen (secondary N) is 1. The Hall–Kier alpha value is -4.99. The number of halogens is 3. The van der Waals surface area contributed by atoms with E-state index in [1.165, 1.54) is 0 Å². The second kappa shape index (κ2) is 11.6. The molecule has 5 rings (SSSR count). The van der Waals surface area contributed by atoms with E-state index in [9.17, 15) is 18.0 Å². The predicted octanol–water partition coefficient (Wildman–Crippen LogP) is 7.17. The molecule has 1 amide bonds. The van der Waals surface area contributed by atoms with Gasteiger partial charge in [0.05, 0.1) is 17.6 Å². The first kappa shape index (κ1) is 27.6. The van der Waals surface area contributed by atoms with Crippen LogP contribution in [0.1, 0.15) is 27.9 Å². The lowest BCUT2D eigenvalue weighted by Gasteiger charge is -2.14. The van der Waals surface area contributed by atoms with Crippen LogP contribution in [-0.4, -0.2) is 28.2 Å². The SMILES string of the molecule is Cc1cc(-n2cnc3c(NCCC(F)(F)F)cc(Oc4ccc(OCc5ccccc5)cc4)cc32)ccc1C(N)=O. The number of ether oxygens (including phenoxy) is 2. The number of rotatable bonds is 10. The van der Waals surface area contributed by atoms with Crippen molar-refractivity contribution in [2.24, 2.45) is 5.73 Å². The van der Waals surface area contributed by atoms with Gasteiger partial charge in [0, 0.05) is 29.9 Å². The van der Waals surface area contributed by atoms with Crippen LogP contribution >= 0.6 is 0 Å². The zero-order valence-corrected chi connectivity index (χ0v) is 22.1. The van der Waals surface area contributed by atoms with Gasteiger partial charge in [-0.2, -0.15) is 13.2 Å². The van der Waals surface area contributed by atoms with E-state index >= 15 is 0 Å². The van der Waals surface area contributed by atoms with Crippen molar-refractivity contribution in [1.29, 1.82) is 0 Å². The topological polar surface area (TPSA) is 91.4 Å². The summed E-state index contributed by atoms with van der Waals surface area (Å²) in [5, 5.41) is 2.85. The lowest BCUT2D eigenvalue weighted by molar-refractivity contribution is -0.131. The van der Waals surface area contributed by atoms with Crippen LogP contribution in [0.5, 0.6) is 17.2 Å². The van der Waals surface area contributed by atoms with Crippen LogP contribution in [0.2, 0.25) is 0 Å². The molecule has 0 saturated carbocycles. The molecule has 0 unspecified atom stereocenters. The molecule has 210 valence electrons. The highest BCUT2D eigenvalue weighted by Gasteiger charge is 2.26. The first-order chi connectivity index (χ1) is 19.7. The maximum absolute atomic E-state index is 12.8. The van der Waals surface area contributed by atoms with Crippen LogP contribution in [0.4, 0.5) is 18.9 Å². The first-order valence-electron chi connectivity index (χ1n) is 12.8. The summed E-state index contributed by atoms with van der Waals surface area (Å²) in [7, 11) is 0. The molecule has 0 aliphatic heterocycles. The molecule has 0 saturated heterocycles. The standard InChI is InChI=1S/C31H27F3N4O3/c1-20-15-22(7-12-26(20)30(35)39)38-19-37-29-27(36-14-13-31(32,33)34)16-25(17-28(29)38)41-24-10-8-23(9-11-24)40-18-21-5-3-2-4-6-21/h2-12,15-17,19,36H,13-14,18H2,1H3,(H2,35,39). The first-order valence-corrected chi connectivity index (χ1v) is 12.8. The third-order valence-electron chi connectivity index (χ3n) is 6.41. The van der Waals surface area contributed by atoms with E-state index < -0.39 is 18.5 Å². The highest BCUT2D eigenvalue weighted by atomic mass is 19.4. The highest BCUT2D eigenvalue weighted by molar-refractivity contribution is 5.95. The second-order valence-electron chi connectivity index (χ2n) is 9.46. The average molecular weight is 561 g/mol. The lowest BCUT2D eigenvalue weighted by atomic mass is 10.1. The Morgan fingerprint density at radius 2 is 1.68 bits per heavy atom. The number of amides is 1. The summed E-state index contributed by atoms with van der Waals surface area (Å²) in [6.45, 7) is 1.87. The van der Waals surface area contributed by atoms with E-state index in [0.29, 0.717) is 57.4 Å². The quantitative estimate of drug-likeness (QED) is 0.189. The van der Waals surface area contributed by atoms with Crippen molar-refractivity contribution in [3.8, 4) is 22.9 Å². The van der Waals surface area contributed by atoms with Gasteiger partial charge < -0.3 is 20.5 Å². The maximum Gasteiger partial charge on any atom is 0.390 e. The van der Waals surface area contributed by atoms with Gasteiger partial charge in [-0.05, 0) is 60.5 Å². The number of imidazole rings is 1. The molecule has 7 nitrogen and oxygen atoms in total. The van der Waals surface area contributed by atoms with E-state index in [1.54, 1.807) is 72.4 Å². The molecule has 0 fully saturated rings. The van der Waals surface area contributed by atoms with Crippen molar-refractivity contribution in [1.82, 2.24) is 9.55 Å². The Morgan fingerprint density at radius 1 is 0.951 bits per heavy atom. The number of benzene rings is 4. The molecule has 1 aromatic heterocycles. The summed E-state index contributed by atoms with van der Waals surface area (Å²) in [4.78, 5) is 16.1. The third-order valence-corrected chi connectivity index (χ3v) is 6.41. The van der Waals surface area contributed by atoms with Crippen molar-refractivity contribution in [2.45, 2.75) is 26.1 Å². The third kappa shape index (κ3) is 6.78. The van der Waals surface area contributed by atoms with Crippen molar-refractivity contribution in [3.63, 3.8) is 0 Å². The van der Waals surface area contributed by atoms with Gasteiger partial charge in [0.25, 0.3) is 0 Å². The molecule has 3 N–H and O–H groups in total. The maximum atomic E-state index is 12.8. The molecule has 0 aliphatic carbocycles. The van der Waals surface area contributed by atoms with Gasteiger partial charge in [0.15, 0.2) is 0 Å². The number of hydrogen-bond acceptors (Lipinski definition) is 5. The van der Waals surface area contributed by atoms with E-state index in [-0.39, 0.29) is 6.54 Å². The fraction of sp³-hybridized carbons (Fsp3) is 0.161. The number of carbonyl (C=O) groups excluding carboxylic acids is 1. The molecule has 0 aliphatic rings. The molecule has 41 heavy (non-hydrogen) atoms. The minimum atomic E-state index is -4.30. The number of carbonyl (C=O) groups is 1. The Kier molecular flexibility index (Phi) is 7.82. The van der Waals surface area contributed by atoms with Crippen molar-refractivity contribution >= 4 is 22.6 Å². The van der Waals surface area contributed by atoms with Crippen LogP contribution in [0.25, 0.3) is 16.7 Å². The van der Waals surface area contributed by atoms with Crippen LogP contribution < -0.4 is 20.5 Å². The summed E-state index contributed by atoms with van der Waals surface area (Å²) in [6.07, 6.45) is -3.73. The molecule has 0 atom stereocenters. The van der Waals surface area contributed by atoms with Gasteiger partial charge in [0.1, 0.15) is 35.7 Å². The number of aryl methyl sites for hydroxylation is 1. The van der Waals surface area contributed by atoms with Gasteiger partial charge >= 0.3 is 6.18 Å². The van der Waals surface area contributed by atoms with Crippen molar-refractivity contribution in [2.75, 3.05) is 11.9 Å². The van der Waals surface area contributed by atoms with Crippen LogP contribution in [0.3, 0.4) is 0 Å². The molecule has 5 aromatic rings. The molecule has 1 heterocycles. The number of anilines is 1. The number of nitrogens with zero attached hydrogens (tertiary/aromatic N) is 2.